The summed E-state index contributed by atoms with van der Waals surface area (Å²) in [5.41, 5.74) is -1.53. The lowest BCUT2D eigenvalue weighted by atomic mass is 10.0. The van der Waals surface area contributed by atoms with Crippen LogP contribution in [0.15, 0.2) is 72.9 Å². The monoisotopic (exact) mass is 934 g/mol. The first kappa shape index (κ1) is 62.2. The normalized spacial score (nSPS) is 14.2. The minimum Gasteiger partial charge on any atom is -0.457 e. The van der Waals surface area contributed by atoms with Gasteiger partial charge in [-0.15, -0.1) is 0 Å². The van der Waals surface area contributed by atoms with Crippen LogP contribution < -0.4 is 5.32 Å². The largest absolute Gasteiger partial charge is 0.475 e. The summed E-state index contributed by atoms with van der Waals surface area (Å²) in [6, 6.07) is 0. The number of carbonyl (C=O) groups excluding carboxylic acids is 2. The van der Waals surface area contributed by atoms with Crippen molar-refractivity contribution in [2.75, 3.05) is 33.0 Å². The highest BCUT2D eigenvalue weighted by Gasteiger charge is 2.34. The van der Waals surface area contributed by atoms with Crippen LogP contribution in [0, 0.1) is 0 Å². The molecule has 0 heterocycles. The van der Waals surface area contributed by atoms with Crippen molar-refractivity contribution in [2.24, 2.45) is 0 Å². The van der Waals surface area contributed by atoms with E-state index in [0.717, 1.165) is 51.4 Å². The Kier molecular flexibility index (Phi) is 40.8. The van der Waals surface area contributed by atoms with Crippen LogP contribution in [-0.2, 0) is 37.1 Å². The molecule has 2 atom stereocenters. The lowest BCUT2D eigenvalue weighted by molar-refractivity contribution is -0.154. The summed E-state index contributed by atoms with van der Waals surface area (Å²) in [7, 11) is -4.14. The van der Waals surface area contributed by atoms with Crippen LogP contribution in [0.5, 0.6) is 0 Å². The molecule has 0 aromatic rings. The maximum absolute atomic E-state index is 13.8. The van der Waals surface area contributed by atoms with Gasteiger partial charge in [-0.2, -0.15) is 0 Å². The van der Waals surface area contributed by atoms with Crippen molar-refractivity contribution in [1.29, 1.82) is 0 Å². The van der Waals surface area contributed by atoms with E-state index in [9.17, 15) is 14.2 Å². The fourth-order valence-corrected chi connectivity index (χ4v) is 7.91. The molecular formula is C54H96NO9P. The molecular weight excluding hydrogens is 838 g/mol. The maximum Gasteiger partial charge on any atom is 0.475 e. The van der Waals surface area contributed by atoms with E-state index in [1.807, 2.05) is 12.2 Å². The Morgan fingerprint density at radius 3 is 1.43 bits per heavy atom. The number of alkyl carbamates (subject to hydrolysis) is 1. The first-order chi connectivity index (χ1) is 31.2. The highest BCUT2D eigenvalue weighted by Crippen LogP contribution is 2.52. The van der Waals surface area contributed by atoms with Crippen LogP contribution in [0.4, 0.5) is 4.79 Å². The van der Waals surface area contributed by atoms with Gasteiger partial charge >= 0.3 is 19.9 Å². The van der Waals surface area contributed by atoms with Gasteiger partial charge in [0.15, 0.2) is 0 Å². The van der Waals surface area contributed by atoms with Crippen molar-refractivity contribution in [3.05, 3.63) is 72.9 Å². The summed E-state index contributed by atoms with van der Waals surface area (Å²) in [5, 5.41) is 2.58. The van der Waals surface area contributed by atoms with Gasteiger partial charge in [0.05, 0.1) is 25.4 Å². The molecule has 376 valence electrons. The van der Waals surface area contributed by atoms with Crippen LogP contribution in [0.25, 0.3) is 0 Å². The van der Waals surface area contributed by atoms with E-state index in [2.05, 4.69) is 79.9 Å². The molecule has 0 saturated heterocycles. The third-order valence-corrected chi connectivity index (χ3v) is 11.4. The zero-order valence-corrected chi connectivity index (χ0v) is 43.5. The van der Waals surface area contributed by atoms with Crippen LogP contribution >= 0.6 is 7.82 Å². The molecule has 0 aliphatic rings. The molecule has 0 aliphatic heterocycles. The summed E-state index contributed by atoms with van der Waals surface area (Å²) in [5.74, 6) is -0.404. The van der Waals surface area contributed by atoms with Crippen molar-refractivity contribution < 1.29 is 41.9 Å². The van der Waals surface area contributed by atoms with Gasteiger partial charge < -0.3 is 19.5 Å². The second-order valence-corrected chi connectivity index (χ2v) is 20.2. The van der Waals surface area contributed by atoms with Gasteiger partial charge in [0.1, 0.15) is 11.7 Å². The van der Waals surface area contributed by atoms with Crippen LogP contribution in [0.1, 0.15) is 209 Å². The number of rotatable bonds is 42. The quantitative estimate of drug-likeness (QED) is 0.0276. The number of amides is 1. The van der Waals surface area contributed by atoms with E-state index in [-0.39, 0.29) is 32.8 Å². The topological polar surface area (TPSA) is 119 Å². The average Bonchev–Trinajstić information content (AvgIpc) is 3.23. The number of ether oxygens (including phenoxy) is 3. The first-order valence-electron chi connectivity index (χ1n) is 25.4. The second kappa shape index (κ2) is 42.6. The molecule has 11 heteroatoms. The number of hydrogen-bond acceptors (Lipinski definition) is 9. The molecule has 0 saturated carbocycles. The highest BCUT2D eigenvalue weighted by molar-refractivity contribution is 7.48. The van der Waals surface area contributed by atoms with Gasteiger partial charge in [-0.05, 0) is 92.9 Å². The van der Waals surface area contributed by atoms with Crippen molar-refractivity contribution in [3.63, 3.8) is 0 Å². The van der Waals surface area contributed by atoms with Gasteiger partial charge in [-0.25, -0.2) is 9.36 Å². The van der Waals surface area contributed by atoms with E-state index < -0.39 is 37.2 Å². The first-order valence-corrected chi connectivity index (χ1v) is 26.9. The van der Waals surface area contributed by atoms with Crippen molar-refractivity contribution in [1.82, 2.24) is 5.32 Å². The van der Waals surface area contributed by atoms with Gasteiger partial charge in [0, 0.05) is 19.6 Å². The molecule has 0 fully saturated rings. The zero-order chi connectivity index (χ0) is 48.2. The fraction of sp³-hybridized carbons (Fsp3) is 0.741. The number of allylic oxidation sites excluding steroid dienone is 12. The molecule has 1 unspecified atom stereocenters. The number of esters is 1. The molecule has 1 N–H and O–H groups in total. The highest BCUT2D eigenvalue weighted by atomic mass is 31.2. The molecule has 10 nitrogen and oxygen atoms in total. The molecule has 0 bridgehead atoms. The van der Waals surface area contributed by atoms with E-state index in [0.29, 0.717) is 13.0 Å². The minimum absolute atomic E-state index is 0.0190. The third-order valence-electron chi connectivity index (χ3n) is 9.68. The third kappa shape index (κ3) is 47.5. The molecule has 0 spiro atoms. The average molecular weight is 934 g/mol. The molecule has 0 rings (SSSR count). The Morgan fingerprint density at radius 1 is 0.538 bits per heavy atom. The Hall–Kier alpha value is -2.75. The number of carbonyl (C=O) groups is 2. The number of phosphoric ester groups is 1. The molecule has 0 aromatic carbocycles. The fourth-order valence-electron chi connectivity index (χ4n) is 6.39. The van der Waals surface area contributed by atoms with E-state index >= 15 is 0 Å². The lowest BCUT2D eigenvalue weighted by Gasteiger charge is -2.27. The predicted molar refractivity (Wildman–Crippen MR) is 272 cm³/mol. The SMILES string of the molecule is CC/C=C\C/C=C\C/C=C\C/C=C\C/C=C\C/C=C\CCC(=O)O[C@H](COCCCCCCCCCCCCCCCCCC)COP(=O)(OCCNC(=O)OC(C)(C)C)OC(C)(C)C. The zero-order valence-electron chi connectivity index (χ0n) is 42.6. The minimum atomic E-state index is -4.14. The van der Waals surface area contributed by atoms with Gasteiger partial charge in [-0.3, -0.25) is 18.4 Å². The lowest BCUT2D eigenvalue weighted by Crippen LogP contribution is -2.34. The second-order valence-electron chi connectivity index (χ2n) is 18.7. The summed E-state index contributed by atoms with van der Waals surface area (Å²) in [6.45, 7) is 15.1. The smallest absolute Gasteiger partial charge is 0.457 e. The number of phosphoric acid groups is 1. The van der Waals surface area contributed by atoms with E-state index in [1.54, 1.807) is 41.5 Å². The summed E-state index contributed by atoms with van der Waals surface area (Å²) in [6.07, 6.45) is 51.4. The molecule has 0 aromatic heterocycles. The number of nitrogens with one attached hydrogen (secondary N) is 1. The van der Waals surface area contributed by atoms with Gasteiger partial charge in [-0.1, -0.05) is 183 Å². The van der Waals surface area contributed by atoms with Crippen molar-refractivity contribution in [3.8, 4) is 0 Å². The van der Waals surface area contributed by atoms with Gasteiger partial charge in [0.2, 0.25) is 0 Å². The standard InChI is InChI=1S/C54H96NO9P/c1-9-11-13-15-17-19-21-23-25-27-28-29-30-32-34-36-38-40-42-44-51(56)62-50(48-59-46-43-41-39-37-35-33-31-26-24-22-20-18-16-14-12-10-2)49-61-65(58,64-54(6,7)8)60-47-45-55-52(57)63-53(3,4)5/h11,13,17,19,23,25,28-29,32,34,38,40,50H,9-10,12,14-16,18,20-22,24,26-27,30-31,33,35-37,39,41-49H2,1-8H3,(H,55,57)/b13-11-,19-17-,25-23-,29-28-,34-32-,40-38-/t50-,65?/m1/s1. The van der Waals surface area contributed by atoms with Gasteiger partial charge in [0.25, 0.3) is 0 Å². The Bertz CT molecular complexity index is 1370. The van der Waals surface area contributed by atoms with Crippen molar-refractivity contribution >= 4 is 19.9 Å². The molecule has 0 radical (unpaired) electrons. The number of unbranched alkanes of at least 4 members (excludes halogenated alkanes) is 15. The van der Waals surface area contributed by atoms with E-state index in [4.69, 9.17) is 27.8 Å². The molecule has 1 amide bonds. The van der Waals surface area contributed by atoms with Crippen molar-refractivity contribution in [2.45, 2.75) is 227 Å². The summed E-state index contributed by atoms with van der Waals surface area (Å²) in [4.78, 5) is 25.1. The summed E-state index contributed by atoms with van der Waals surface area (Å²) >= 11 is 0. The molecule has 0 aliphatic carbocycles. The predicted octanol–water partition coefficient (Wildman–Crippen LogP) is 16.1. The Balaban J connectivity index is 4.88. The van der Waals surface area contributed by atoms with Crippen LogP contribution in [0.3, 0.4) is 0 Å². The van der Waals surface area contributed by atoms with Crippen LogP contribution in [-0.4, -0.2) is 62.3 Å². The van der Waals surface area contributed by atoms with Crippen LogP contribution in [0.2, 0.25) is 0 Å². The van der Waals surface area contributed by atoms with E-state index in [1.165, 1.54) is 89.9 Å². The Morgan fingerprint density at radius 2 is 0.985 bits per heavy atom. The Labute approximate surface area is 398 Å². The maximum atomic E-state index is 13.8. The summed E-state index contributed by atoms with van der Waals surface area (Å²) < 4.78 is 47.9. The molecule has 65 heavy (non-hydrogen) atoms. The number of hydrogen-bond donors (Lipinski definition) is 1.